The predicted molar refractivity (Wildman–Crippen MR) is 120 cm³/mol. The number of hydrogen-bond donors (Lipinski definition) is 0. The Labute approximate surface area is 187 Å². The number of carbonyl (C=O) groups is 2. The third kappa shape index (κ3) is 6.52. The smallest absolute Gasteiger partial charge is 0.352 e. The van der Waals surface area contributed by atoms with E-state index < -0.39 is 27.9 Å². The van der Waals surface area contributed by atoms with Crippen molar-refractivity contribution in [2.75, 3.05) is 6.61 Å². The molecule has 0 fully saturated rings. The van der Waals surface area contributed by atoms with E-state index in [4.69, 9.17) is 9.47 Å². The highest BCUT2D eigenvalue weighted by Crippen LogP contribution is 2.21. The van der Waals surface area contributed by atoms with Gasteiger partial charge < -0.3 is 9.47 Å². The maximum absolute atomic E-state index is 12.6. The third-order valence-electron chi connectivity index (χ3n) is 4.63. The summed E-state index contributed by atoms with van der Waals surface area (Å²) in [7, 11) is -3.37. The fourth-order valence-corrected chi connectivity index (χ4v) is 4.65. The molecular formula is C25H24O6S. The zero-order chi connectivity index (χ0) is 23.0. The molecule has 3 rings (SSSR count). The van der Waals surface area contributed by atoms with Crippen molar-refractivity contribution in [1.82, 2.24) is 0 Å². The van der Waals surface area contributed by atoms with Gasteiger partial charge in [0.2, 0.25) is 6.10 Å². The SMILES string of the molecule is CCOC(=O)[C@H](OC(=O)c1ccc(CS(=O)(=O)Cc2ccccc2)cc1)c1ccccc1. The first-order chi connectivity index (χ1) is 15.4. The third-order valence-corrected chi connectivity index (χ3v) is 6.18. The molecule has 0 N–H and O–H groups in total. The Bertz CT molecular complexity index is 1140. The molecule has 3 aromatic rings. The summed E-state index contributed by atoms with van der Waals surface area (Å²) in [5.74, 6) is -1.57. The van der Waals surface area contributed by atoms with Crippen molar-refractivity contribution in [3.05, 3.63) is 107 Å². The molecular weight excluding hydrogens is 428 g/mol. The molecule has 0 aliphatic rings. The van der Waals surface area contributed by atoms with Crippen molar-refractivity contribution in [3.63, 3.8) is 0 Å². The lowest BCUT2D eigenvalue weighted by molar-refractivity contribution is -0.153. The number of carbonyl (C=O) groups excluding carboxylic acids is 2. The summed E-state index contributed by atoms with van der Waals surface area (Å²) in [6, 6.07) is 23.7. The molecule has 0 aromatic heterocycles. The zero-order valence-corrected chi connectivity index (χ0v) is 18.5. The first-order valence-electron chi connectivity index (χ1n) is 10.1. The number of benzene rings is 3. The number of rotatable bonds is 9. The molecule has 1 atom stereocenters. The van der Waals surface area contributed by atoms with Gasteiger partial charge in [0, 0.05) is 5.56 Å². The lowest BCUT2D eigenvalue weighted by atomic mass is 10.1. The largest absolute Gasteiger partial charge is 0.463 e. The Morgan fingerprint density at radius 3 is 1.88 bits per heavy atom. The van der Waals surface area contributed by atoms with Crippen LogP contribution >= 0.6 is 0 Å². The molecule has 0 aliphatic heterocycles. The van der Waals surface area contributed by atoms with Gasteiger partial charge in [-0.2, -0.15) is 0 Å². The molecule has 0 saturated heterocycles. The molecule has 0 unspecified atom stereocenters. The molecule has 6 nitrogen and oxygen atoms in total. The molecule has 3 aromatic carbocycles. The van der Waals surface area contributed by atoms with Gasteiger partial charge in [-0.05, 0) is 30.2 Å². The molecule has 0 spiro atoms. The van der Waals surface area contributed by atoms with Crippen LogP contribution in [0.1, 0.15) is 40.1 Å². The predicted octanol–water partition coefficient (Wildman–Crippen LogP) is 4.26. The summed E-state index contributed by atoms with van der Waals surface area (Å²) < 4.78 is 35.4. The number of ether oxygens (including phenoxy) is 2. The molecule has 166 valence electrons. The van der Waals surface area contributed by atoms with Crippen LogP contribution in [0.15, 0.2) is 84.9 Å². The highest BCUT2D eigenvalue weighted by atomic mass is 32.2. The van der Waals surface area contributed by atoms with Crippen LogP contribution in [0.5, 0.6) is 0 Å². The Hall–Kier alpha value is -3.45. The van der Waals surface area contributed by atoms with E-state index in [9.17, 15) is 18.0 Å². The fourth-order valence-electron chi connectivity index (χ4n) is 3.14. The molecule has 0 heterocycles. The van der Waals surface area contributed by atoms with Crippen LogP contribution in [0.3, 0.4) is 0 Å². The van der Waals surface area contributed by atoms with Gasteiger partial charge >= 0.3 is 11.9 Å². The van der Waals surface area contributed by atoms with Crippen LogP contribution in [0.25, 0.3) is 0 Å². The number of hydrogen-bond acceptors (Lipinski definition) is 6. The van der Waals surface area contributed by atoms with Crippen LogP contribution < -0.4 is 0 Å². The quantitative estimate of drug-likeness (QED) is 0.451. The monoisotopic (exact) mass is 452 g/mol. The van der Waals surface area contributed by atoms with Crippen LogP contribution in [-0.2, 0) is 35.6 Å². The molecule has 0 saturated carbocycles. The van der Waals surface area contributed by atoms with Crippen molar-refractivity contribution >= 4 is 21.8 Å². The second-order valence-electron chi connectivity index (χ2n) is 7.16. The van der Waals surface area contributed by atoms with E-state index in [1.807, 2.05) is 6.07 Å². The molecule has 0 bridgehead atoms. The first kappa shape index (κ1) is 23.2. The van der Waals surface area contributed by atoms with Gasteiger partial charge in [-0.1, -0.05) is 72.8 Å². The topological polar surface area (TPSA) is 86.7 Å². The second kappa shape index (κ2) is 10.7. The summed E-state index contributed by atoms with van der Waals surface area (Å²) in [6.07, 6.45) is -1.19. The molecule has 0 amide bonds. The van der Waals surface area contributed by atoms with Crippen molar-refractivity contribution in [2.24, 2.45) is 0 Å². The summed E-state index contributed by atoms with van der Waals surface area (Å²) in [5, 5.41) is 0. The van der Waals surface area contributed by atoms with Crippen LogP contribution in [-0.4, -0.2) is 27.0 Å². The van der Waals surface area contributed by atoms with E-state index in [1.165, 1.54) is 12.1 Å². The molecule has 0 radical (unpaired) electrons. The van der Waals surface area contributed by atoms with Gasteiger partial charge in [0.25, 0.3) is 0 Å². The molecule has 7 heteroatoms. The highest BCUT2D eigenvalue weighted by Gasteiger charge is 2.27. The lowest BCUT2D eigenvalue weighted by Crippen LogP contribution is -2.22. The fraction of sp³-hybridized carbons (Fsp3) is 0.200. The summed E-state index contributed by atoms with van der Waals surface area (Å²) >= 11 is 0. The minimum Gasteiger partial charge on any atom is -0.463 e. The van der Waals surface area contributed by atoms with Gasteiger partial charge in [0.1, 0.15) is 0 Å². The van der Waals surface area contributed by atoms with Gasteiger partial charge in [-0.25, -0.2) is 18.0 Å². The standard InChI is InChI=1S/C25H24O6S/c1-2-30-25(27)23(21-11-7-4-8-12-21)31-24(26)22-15-13-20(14-16-22)18-32(28,29)17-19-9-5-3-6-10-19/h3-16,23H,2,17-18H2,1H3/t23-/m1/s1. The Morgan fingerprint density at radius 1 is 0.781 bits per heavy atom. The van der Waals surface area contributed by atoms with Crippen molar-refractivity contribution in [2.45, 2.75) is 24.5 Å². The number of sulfone groups is 1. The van der Waals surface area contributed by atoms with E-state index in [-0.39, 0.29) is 23.7 Å². The summed E-state index contributed by atoms with van der Waals surface area (Å²) in [6.45, 7) is 1.83. The minimum atomic E-state index is -3.37. The van der Waals surface area contributed by atoms with Gasteiger partial charge in [0.15, 0.2) is 9.84 Å². The van der Waals surface area contributed by atoms with Gasteiger partial charge in [-0.3, -0.25) is 0 Å². The average molecular weight is 453 g/mol. The molecule has 0 aliphatic carbocycles. The van der Waals surface area contributed by atoms with Crippen LogP contribution in [0.4, 0.5) is 0 Å². The van der Waals surface area contributed by atoms with Gasteiger partial charge in [0.05, 0.1) is 23.7 Å². The highest BCUT2D eigenvalue weighted by molar-refractivity contribution is 7.89. The minimum absolute atomic E-state index is 0.0596. The normalized spacial score (nSPS) is 12.0. The number of esters is 2. The van der Waals surface area contributed by atoms with E-state index in [0.717, 1.165) is 5.56 Å². The van der Waals surface area contributed by atoms with Gasteiger partial charge in [-0.15, -0.1) is 0 Å². The van der Waals surface area contributed by atoms with Crippen LogP contribution in [0, 0.1) is 0 Å². The van der Waals surface area contributed by atoms with Crippen LogP contribution in [0.2, 0.25) is 0 Å². The summed E-state index contributed by atoms with van der Waals surface area (Å²) in [4.78, 5) is 24.9. The van der Waals surface area contributed by atoms with E-state index in [0.29, 0.717) is 11.1 Å². The van der Waals surface area contributed by atoms with E-state index >= 15 is 0 Å². The maximum Gasteiger partial charge on any atom is 0.352 e. The Morgan fingerprint density at radius 2 is 1.31 bits per heavy atom. The second-order valence-corrected chi connectivity index (χ2v) is 9.23. The van der Waals surface area contributed by atoms with Crippen molar-refractivity contribution in [3.8, 4) is 0 Å². The lowest BCUT2D eigenvalue weighted by Gasteiger charge is -2.17. The Kier molecular flexibility index (Phi) is 7.78. The van der Waals surface area contributed by atoms with Crippen molar-refractivity contribution < 1.29 is 27.5 Å². The van der Waals surface area contributed by atoms with E-state index in [2.05, 4.69) is 0 Å². The molecule has 32 heavy (non-hydrogen) atoms. The van der Waals surface area contributed by atoms with E-state index in [1.54, 1.807) is 73.7 Å². The summed E-state index contributed by atoms with van der Waals surface area (Å²) in [5.41, 5.74) is 1.99. The average Bonchev–Trinajstić information content (AvgIpc) is 2.78. The first-order valence-corrected chi connectivity index (χ1v) is 12.0. The van der Waals surface area contributed by atoms with Crippen molar-refractivity contribution in [1.29, 1.82) is 0 Å². The Balaban J connectivity index is 1.69. The maximum atomic E-state index is 12.6. The zero-order valence-electron chi connectivity index (χ0n) is 17.6.